The lowest BCUT2D eigenvalue weighted by Crippen LogP contribution is -2.60. The Bertz CT molecular complexity index is 301. The minimum Gasteiger partial charge on any atom is -0.376 e. The number of halogens is 3. The van der Waals surface area contributed by atoms with E-state index >= 15 is 0 Å². The summed E-state index contributed by atoms with van der Waals surface area (Å²) in [5, 5.41) is 0. The van der Waals surface area contributed by atoms with Crippen molar-refractivity contribution in [1.82, 2.24) is 4.90 Å². The molecule has 19 heavy (non-hydrogen) atoms. The molecule has 3 nitrogen and oxygen atoms in total. The fraction of sp³-hybridized carbons (Fsp3) is 1.00. The van der Waals surface area contributed by atoms with Crippen LogP contribution in [-0.2, 0) is 4.74 Å². The van der Waals surface area contributed by atoms with Crippen LogP contribution in [0.5, 0.6) is 0 Å². The number of hydrogen-bond acceptors (Lipinski definition) is 3. The first-order chi connectivity index (χ1) is 8.87. The Morgan fingerprint density at radius 1 is 1.32 bits per heavy atom. The zero-order chi connectivity index (χ0) is 14.1. The second-order valence-electron chi connectivity index (χ2n) is 5.87. The van der Waals surface area contributed by atoms with Crippen molar-refractivity contribution in [3.8, 4) is 0 Å². The highest BCUT2D eigenvalue weighted by atomic mass is 19.4. The van der Waals surface area contributed by atoms with Gasteiger partial charge in [-0.3, -0.25) is 4.90 Å². The van der Waals surface area contributed by atoms with Gasteiger partial charge in [-0.2, -0.15) is 13.2 Å². The Kier molecular flexibility index (Phi) is 4.42. The van der Waals surface area contributed by atoms with Crippen LogP contribution in [0.25, 0.3) is 0 Å². The Morgan fingerprint density at radius 3 is 2.42 bits per heavy atom. The normalized spacial score (nSPS) is 38.4. The fourth-order valence-electron chi connectivity index (χ4n) is 3.38. The molecular formula is C13H23F3N2O. The van der Waals surface area contributed by atoms with Crippen molar-refractivity contribution >= 4 is 0 Å². The first-order valence-corrected chi connectivity index (χ1v) is 7.01. The van der Waals surface area contributed by atoms with Crippen molar-refractivity contribution in [2.24, 2.45) is 11.7 Å². The molecule has 0 aromatic heterocycles. The lowest BCUT2D eigenvalue weighted by atomic mass is 9.74. The maximum Gasteiger partial charge on any atom is 0.391 e. The smallest absolute Gasteiger partial charge is 0.376 e. The molecule has 1 aliphatic carbocycles. The van der Waals surface area contributed by atoms with E-state index in [-0.39, 0.29) is 24.5 Å². The second kappa shape index (κ2) is 5.58. The van der Waals surface area contributed by atoms with Crippen LogP contribution in [0, 0.1) is 5.92 Å². The van der Waals surface area contributed by atoms with Crippen molar-refractivity contribution in [2.75, 3.05) is 26.2 Å². The molecule has 1 atom stereocenters. The van der Waals surface area contributed by atoms with Gasteiger partial charge in [0.2, 0.25) is 0 Å². The van der Waals surface area contributed by atoms with E-state index in [4.69, 9.17) is 10.5 Å². The van der Waals surface area contributed by atoms with Crippen LogP contribution in [-0.4, -0.2) is 49.0 Å². The van der Waals surface area contributed by atoms with Gasteiger partial charge < -0.3 is 10.5 Å². The van der Waals surface area contributed by atoms with E-state index in [9.17, 15) is 13.2 Å². The summed E-state index contributed by atoms with van der Waals surface area (Å²) in [6, 6.07) is 0. The summed E-state index contributed by atoms with van der Waals surface area (Å²) in [6.45, 7) is 4.62. The van der Waals surface area contributed by atoms with E-state index in [0.29, 0.717) is 26.0 Å². The number of hydrogen-bond donors (Lipinski definition) is 1. The summed E-state index contributed by atoms with van der Waals surface area (Å²) in [4.78, 5) is 2.26. The summed E-state index contributed by atoms with van der Waals surface area (Å²) in [6.07, 6.45) is -2.43. The predicted molar refractivity (Wildman–Crippen MR) is 66.8 cm³/mol. The van der Waals surface area contributed by atoms with Crippen LogP contribution >= 0.6 is 0 Å². The molecule has 0 amide bonds. The third-order valence-electron chi connectivity index (χ3n) is 4.67. The number of nitrogens with two attached hydrogens (primary N) is 1. The molecular weight excluding hydrogens is 257 g/mol. The first kappa shape index (κ1) is 15.1. The SMILES string of the molecule is CC1CN(C2(CN)CCC(C(F)(F)F)CC2)CCO1. The van der Waals surface area contributed by atoms with Gasteiger partial charge in [0, 0.05) is 25.2 Å². The van der Waals surface area contributed by atoms with Crippen molar-refractivity contribution in [3.05, 3.63) is 0 Å². The van der Waals surface area contributed by atoms with Gasteiger partial charge in [-0.05, 0) is 32.6 Å². The Labute approximate surface area is 112 Å². The van der Waals surface area contributed by atoms with Gasteiger partial charge >= 0.3 is 6.18 Å². The van der Waals surface area contributed by atoms with Crippen LogP contribution in [0.1, 0.15) is 32.6 Å². The van der Waals surface area contributed by atoms with Crippen LogP contribution in [0.15, 0.2) is 0 Å². The molecule has 2 fully saturated rings. The topological polar surface area (TPSA) is 38.5 Å². The minimum atomic E-state index is -4.06. The maximum absolute atomic E-state index is 12.7. The summed E-state index contributed by atoms with van der Waals surface area (Å²) in [5.41, 5.74) is 5.66. The minimum absolute atomic E-state index is 0.137. The first-order valence-electron chi connectivity index (χ1n) is 7.01. The molecule has 0 aromatic rings. The van der Waals surface area contributed by atoms with Crippen LogP contribution in [0.3, 0.4) is 0 Å². The highest BCUT2D eigenvalue weighted by Gasteiger charge is 2.47. The fourth-order valence-corrected chi connectivity index (χ4v) is 3.38. The van der Waals surface area contributed by atoms with Crippen molar-refractivity contribution in [3.63, 3.8) is 0 Å². The monoisotopic (exact) mass is 280 g/mol. The van der Waals surface area contributed by atoms with Crippen molar-refractivity contribution in [2.45, 2.75) is 50.4 Å². The molecule has 1 saturated carbocycles. The molecule has 2 aliphatic rings. The predicted octanol–water partition coefficient (Wildman–Crippen LogP) is 2.16. The van der Waals surface area contributed by atoms with Crippen LogP contribution in [0.2, 0.25) is 0 Å². The summed E-state index contributed by atoms with van der Waals surface area (Å²) in [5.74, 6) is -1.15. The van der Waals surface area contributed by atoms with E-state index in [1.54, 1.807) is 0 Å². The number of rotatable bonds is 2. The van der Waals surface area contributed by atoms with Crippen LogP contribution < -0.4 is 5.73 Å². The molecule has 1 saturated heterocycles. The average molecular weight is 280 g/mol. The number of morpholine rings is 1. The molecule has 2 N–H and O–H groups in total. The summed E-state index contributed by atoms with van der Waals surface area (Å²) in [7, 11) is 0. The van der Waals surface area contributed by atoms with Crippen molar-refractivity contribution in [1.29, 1.82) is 0 Å². The summed E-state index contributed by atoms with van der Waals surface area (Å²) < 4.78 is 43.7. The third-order valence-corrected chi connectivity index (χ3v) is 4.67. The van der Waals surface area contributed by atoms with Crippen LogP contribution in [0.4, 0.5) is 13.2 Å². The molecule has 6 heteroatoms. The molecule has 1 aliphatic heterocycles. The molecule has 0 spiro atoms. The molecule has 0 bridgehead atoms. The molecule has 0 aromatic carbocycles. The largest absolute Gasteiger partial charge is 0.391 e. The number of ether oxygens (including phenoxy) is 1. The quantitative estimate of drug-likeness (QED) is 0.842. The number of alkyl halides is 3. The molecule has 1 heterocycles. The van der Waals surface area contributed by atoms with E-state index < -0.39 is 12.1 Å². The molecule has 0 radical (unpaired) electrons. The third kappa shape index (κ3) is 3.23. The van der Waals surface area contributed by atoms with Gasteiger partial charge in [-0.15, -0.1) is 0 Å². The number of nitrogens with zero attached hydrogens (tertiary/aromatic N) is 1. The summed E-state index contributed by atoms with van der Waals surface area (Å²) >= 11 is 0. The Balaban J connectivity index is 2.01. The zero-order valence-corrected chi connectivity index (χ0v) is 11.4. The Morgan fingerprint density at radius 2 is 1.95 bits per heavy atom. The van der Waals surface area contributed by atoms with E-state index in [1.165, 1.54) is 0 Å². The van der Waals surface area contributed by atoms with Gasteiger partial charge in [0.15, 0.2) is 0 Å². The molecule has 112 valence electrons. The zero-order valence-electron chi connectivity index (χ0n) is 11.4. The lowest BCUT2D eigenvalue weighted by Gasteiger charge is -2.50. The highest BCUT2D eigenvalue weighted by molar-refractivity contribution is 4.98. The second-order valence-corrected chi connectivity index (χ2v) is 5.87. The van der Waals surface area contributed by atoms with E-state index in [0.717, 1.165) is 13.1 Å². The Hall–Kier alpha value is -0.330. The average Bonchev–Trinajstić information content (AvgIpc) is 2.38. The van der Waals surface area contributed by atoms with Gasteiger partial charge in [0.25, 0.3) is 0 Å². The van der Waals surface area contributed by atoms with Gasteiger partial charge in [-0.25, -0.2) is 0 Å². The standard InChI is InChI=1S/C13H23F3N2O/c1-10-8-18(6-7-19-10)12(9-17)4-2-11(3-5-12)13(14,15)16/h10-11H,2-9,17H2,1H3. The van der Waals surface area contributed by atoms with Gasteiger partial charge in [-0.1, -0.05) is 0 Å². The molecule has 2 rings (SSSR count). The lowest BCUT2D eigenvalue weighted by molar-refractivity contribution is -0.190. The molecule has 1 unspecified atom stereocenters. The van der Waals surface area contributed by atoms with Gasteiger partial charge in [0.05, 0.1) is 18.6 Å². The van der Waals surface area contributed by atoms with Crippen molar-refractivity contribution < 1.29 is 17.9 Å². The van der Waals surface area contributed by atoms with E-state index in [2.05, 4.69) is 4.90 Å². The highest BCUT2D eigenvalue weighted by Crippen LogP contribution is 2.43. The maximum atomic E-state index is 12.7. The van der Waals surface area contributed by atoms with E-state index in [1.807, 2.05) is 6.92 Å². The van der Waals surface area contributed by atoms with Gasteiger partial charge in [0.1, 0.15) is 0 Å².